The zero-order valence-corrected chi connectivity index (χ0v) is 5.49. The van der Waals surface area contributed by atoms with Crippen LogP contribution in [0.15, 0.2) is 0 Å². The first kappa shape index (κ1) is 7.23. The van der Waals surface area contributed by atoms with Gasteiger partial charge in [-0.05, 0) is 5.92 Å². The molecule has 0 amide bonds. The molecule has 44 valence electrons. The van der Waals surface area contributed by atoms with Gasteiger partial charge in [-0.3, -0.25) is 4.79 Å². The SMILES string of the molecule is CC(=O)C#CC(C)C. The second kappa shape index (κ2) is 3.26. The van der Waals surface area contributed by atoms with Crippen molar-refractivity contribution in [1.29, 1.82) is 0 Å². The predicted molar refractivity (Wildman–Crippen MR) is 33.3 cm³/mol. The molecule has 0 spiro atoms. The van der Waals surface area contributed by atoms with Gasteiger partial charge in [-0.25, -0.2) is 0 Å². The highest BCUT2D eigenvalue weighted by Gasteiger charge is 1.82. The van der Waals surface area contributed by atoms with Crippen LogP contribution in [0.3, 0.4) is 0 Å². The van der Waals surface area contributed by atoms with E-state index >= 15 is 0 Å². The Balaban J connectivity index is 3.68. The minimum Gasteiger partial charge on any atom is -0.285 e. The largest absolute Gasteiger partial charge is 0.285 e. The molecule has 0 rings (SSSR count). The van der Waals surface area contributed by atoms with E-state index in [4.69, 9.17) is 0 Å². The lowest BCUT2D eigenvalue weighted by molar-refractivity contribution is -0.111. The molecule has 0 heterocycles. The van der Waals surface area contributed by atoms with Gasteiger partial charge in [0.05, 0.1) is 0 Å². The third-order valence-corrected chi connectivity index (χ3v) is 0.537. The van der Waals surface area contributed by atoms with Gasteiger partial charge in [0, 0.05) is 12.8 Å². The Labute approximate surface area is 50.1 Å². The minimum absolute atomic E-state index is 0.0568. The monoisotopic (exact) mass is 110 g/mol. The first-order chi connectivity index (χ1) is 3.63. The Bertz CT molecular complexity index is 134. The van der Waals surface area contributed by atoms with Gasteiger partial charge in [0.25, 0.3) is 0 Å². The van der Waals surface area contributed by atoms with Crippen molar-refractivity contribution in [3.63, 3.8) is 0 Å². The Morgan fingerprint density at radius 3 is 2.12 bits per heavy atom. The first-order valence-corrected chi connectivity index (χ1v) is 2.65. The maximum absolute atomic E-state index is 10.2. The maximum atomic E-state index is 10.2. The minimum atomic E-state index is -0.0568. The fraction of sp³-hybridized carbons (Fsp3) is 0.571. The maximum Gasteiger partial charge on any atom is 0.202 e. The van der Waals surface area contributed by atoms with E-state index in [2.05, 4.69) is 11.8 Å². The van der Waals surface area contributed by atoms with Crippen LogP contribution in [0.5, 0.6) is 0 Å². The third-order valence-electron chi connectivity index (χ3n) is 0.537. The Morgan fingerprint density at radius 1 is 1.50 bits per heavy atom. The van der Waals surface area contributed by atoms with E-state index in [1.807, 2.05) is 13.8 Å². The summed E-state index contributed by atoms with van der Waals surface area (Å²) in [6, 6.07) is 0. The standard InChI is InChI=1S/C7H10O/c1-6(2)4-5-7(3)8/h6H,1-3H3. The second-order valence-corrected chi connectivity index (χ2v) is 1.98. The number of hydrogen-bond acceptors (Lipinski definition) is 1. The fourth-order valence-electron chi connectivity index (χ4n) is 0.246. The molecule has 0 bridgehead atoms. The van der Waals surface area contributed by atoms with E-state index in [0.29, 0.717) is 5.92 Å². The molecule has 1 heteroatoms. The summed E-state index contributed by atoms with van der Waals surface area (Å²) in [5.74, 6) is 5.45. The number of carbonyl (C=O) groups is 1. The second-order valence-electron chi connectivity index (χ2n) is 1.98. The molecule has 0 saturated carbocycles. The van der Waals surface area contributed by atoms with Crippen molar-refractivity contribution in [2.24, 2.45) is 5.92 Å². The molecule has 0 fully saturated rings. The van der Waals surface area contributed by atoms with E-state index in [-0.39, 0.29) is 5.78 Å². The van der Waals surface area contributed by atoms with Gasteiger partial charge in [0.1, 0.15) is 0 Å². The van der Waals surface area contributed by atoms with Gasteiger partial charge in [0.2, 0.25) is 5.78 Å². The van der Waals surface area contributed by atoms with E-state index in [9.17, 15) is 4.79 Å². The number of rotatable bonds is 0. The molecular formula is C7H10O. The summed E-state index contributed by atoms with van der Waals surface area (Å²) < 4.78 is 0. The molecule has 0 aromatic rings. The van der Waals surface area contributed by atoms with Gasteiger partial charge in [-0.1, -0.05) is 19.8 Å². The van der Waals surface area contributed by atoms with Crippen LogP contribution in [0.25, 0.3) is 0 Å². The van der Waals surface area contributed by atoms with Gasteiger partial charge in [0.15, 0.2) is 0 Å². The van der Waals surface area contributed by atoms with Gasteiger partial charge >= 0.3 is 0 Å². The van der Waals surface area contributed by atoms with Crippen molar-refractivity contribution in [3.05, 3.63) is 0 Å². The van der Waals surface area contributed by atoms with Crippen molar-refractivity contribution < 1.29 is 4.79 Å². The Kier molecular flexibility index (Phi) is 2.95. The summed E-state index contributed by atoms with van der Waals surface area (Å²) in [6.07, 6.45) is 0. The molecule has 0 aliphatic rings. The van der Waals surface area contributed by atoms with Crippen LogP contribution in [-0.2, 0) is 4.79 Å². The quantitative estimate of drug-likeness (QED) is 0.338. The van der Waals surface area contributed by atoms with Crippen LogP contribution in [0.2, 0.25) is 0 Å². The van der Waals surface area contributed by atoms with Gasteiger partial charge in [-0.15, -0.1) is 0 Å². The van der Waals surface area contributed by atoms with Crippen LogP contribution in [0, 0.1) is 17.8 Å². The van der Waals surface area contributed by atoms with E-state index in [0.717, 1.165) is 0 Å². The molecule has 0 atom stereocenters. The van der Waals surface area contributed by atoms with Crippen molar-refractivity contribution in [2.75, 3.05) is 0 Å². The average Bonchev–Trinajstić information content (AvgIpc) is 1.61. The molecule has 0 saturated heterocycles. The summed E-state index contributed by atoms with van der Waals surface area (Å²) in [5.41, 5.74) is 0. The lowest BCUT2D eigenvalue weighted by Crippen LogP contribution is -1.84. The molecule has 0 aromatic carbocycles. The topological polar surface area (TPSA) is 17.1 Å². The zero-order valence-electron chi connectivity index (χ0n) is 5.49. The van der Waals surface area contributed by atoms with Gasteiger partial charge in [-0.2, -0.15) is 0 Å². The molecule has 0 aliphatic heterocycles. The van der Waals surface area contributed by atoms with E-state index in [1.54, 1.807) is 0 Å². The molecule has 8 heavy (non-hydrogen) atoms. The molecule has 1 nitrogen and oxygen atoms in total. The highest BCUT2D eigenvalue weighted by atomic mass is 16.1. The lowest BCUT2D eigenvalue weighted by Gasteiger charge is -1.83. The zero-order chi connectivity index (χ0) is 6.57. The van der Waals surface area contributed by atoms with Crippen LogP contribution in [0.1, 0.15) is 20.8 Å². The number of carbonyl (C=O) groups excluding carboxylic acids is 1. The third kappa shape index (κ3) is 5.23. The highest BCUT2D eigenvalue weighted by molar-refractivity contribution is 5.93. The van der Waals surface area contributed by atoms with Crippen LogP contribution in [0.4, 0.5) is 0 Å². The first-order valence-electron chi connectivity index (χ1n) is 2.65. The summed E-state index contributed by atoms with van der Waals surface area (Å²) >= 11 is 0. The molecular weight excluding hydrogens is 100 g/mol. The molecule has 0 aliphatic carbocycles. The Morgan fingerprint density at radius 2 is 2.00 bits per heavy atom. The number of Topliss-reactive ketones (excluding diaryl/α,β-unsaturated/α-hetero) is 1. The van der Waals surface area contributed by atoms with Crippen molar-refractivity contribution >= 4 is 5.78 Å². The average molecular weight is 110 g/mol. The molecule has 0 radical (unpaired) electrons. The summed E-state index contributed by atoms with van der Waals surface area (Å²) in [7, 11) is 0. The van der Waals surface area contributed by atoms with E-state index < -0.39 is 0 Å². The van der Waals surface area contributed by atoms with Crippen molar-refractivity contribution in [2.45, 2.75) is 20.8 Å². The number of hydrogen-bond donors (Lipinski definition) is 0. The van der Waals surface area contributed by atoms with Crippen molar-refractivity contribution in [3.8, 4) is 11.8 Å². The molecule has 0 unspecified atom stereocenters. The van der Waals surface area contributed by atoms with Gasteiger partial charge < -0.3 is 0 Å². The summed E-state index contributed by atoms with van der Waals surface area (Å²) in [6.45, 7) is 5.38. The predicted octanol–water partition coefficient (Wildman–Crippen LogP) is 1.23. The molecule has 0 aromatic heterocycles. The smallest absolute Gasteiger partial charge is 0.202 e. The Hall–Kier alpha value is -0.770. The van der Waals surface area contributed by atoms with Crippen molar-refractivity contribution in [1.82, 2.24) is 0 Å². The summed E-state index contributed by atoms with van der Waals surface area (Å²) in [5, 5.41) is 0. The van der Waals surface area contributed by atoms with Crippen LogP contribution >= 0.6 is 0 Å². The summed E-state index contributed by atoms with van der Waals surface area (Å²) in [4.78, 5) is 10.2. The van der Waals surface area contributed by atoms with E-state index in [1.165, 1.54) is 6.92 Å². The molecule has 0 N–H and O–H groups in total. The number of ketones is 1. The van der Waals surface area contributed by atoms with Crippen LogP contribution in [-0.4, -0.2) is 5.78 Å². The highest BCUT2D eigenvalue weighted by Crippen LogP contribution is 1.84. The fourth-order valence-corrected chi connectivity index (χ4v) is 0.246. The lowest BCUT2D eigenvalue weighted by atomic mass is 10.2. The van der Waals surface area contributed by atoms with Crippen LogP contribution < -0.4 is 0 Å². The normalized spacial score (nSPS) is 8.00.